The number of nitrogens with one attached hydrogen (secondary N) is 1. The van der Waals surface area contributed by atoms with E-state index < -0.39 is 29.5 Å². The average molecular weight is 477 g/mol. The molecule has 1 saturated heterocycles. The topological polar surface area (TPSA) is 137 Å². The lowest BCUT2D eigenvalue weighted by molar-refractivity contribution is -0.144. The van der Waals surface area contributed by atoms with Gasteiger partial charge in [-0.15, -0.1) is 5.10 Å². The van der Waals surface area contributed by atoms with Crippen LogP contribution >= 0.6 is 0 Å². The molecule has 0 radical (unpaired) electrons. The lowest BCUT2D eigenvalue weighted by Gasteiger charge is -2.35. The molecule has 1 aliphatic heterocycles. The minimum atomic E-state index is -1.30. The third-order valence-corrected chi connectivity index (χ3v) is 5.95. The first-order chi connectivity index (χ1) is 17.0. The second kappa shape index (κ2) is 9.06. The van der Waals surface area contributed by atoms with Crippen molar-refractivity contribution in [2.45, 2.75) is 6.10 Å². The number of amides is 2. The second-order valence-corrected chi connectivity index (χ2v) is 7.99. The van der Waals surface area contributed by atoms with Crippen LogP contribution in [-0.2, 0) is 9.59 Å². The summed E-state index contributed by atoms with van der Waals surface area (Å²) in [6, 6.07) is 8.56. The summed E-state index contributed by atoms with van der Waals surface area (Å²) >= 11 is 0. The predicted molar refractivity (Wildman–Crippen MR) is 120 cm³/mol. The summed E-state index contributed by atoms with van der Waals surface area (Å²) in [5.41, 5.74) is 0.563. The number of aromatic amines is 1. The van der Waals surface area contributed by atoms with Gasteiger partial charge in [0.2, 0.25) is 0 Å². The van der Waals surface area contributed by atoms with Gasteiger partial charge in [0.1, 0.15) is 0 Å². The van der Waals surface area contributed by atoms with Crippen LogP contribution < -0.4 is 0 Å². The molecule has 1 atom stereocenters. The summed E-state index contributed by atoms with van der Waals surface area (Å²) in [6.45, 7) is 0.525. The van der Waals surface area contributed by atoms with Gasteiger partial charge < -0.3 is 19.9 Å². The van der Waals surface area contributed by atoms with E-state index in [2.05, 4.69) is 20.3 Å². The molecule has 3 aromatic heterocycles. The number of aliphatic hydroxyl groups is 1. The van der Waals surface area contributed by atoms with E-state index in [-0.39, 0.29) is 48.5 Å². The van der Waals surface area contributed by atoms with E-state index in [0.29, 0.717) is 5.56 Å². The van der Waals surface area contributed by atoms with Crippen molar-refractivity contribution in [3.05, 3.63) is 72.1 Å². The van der Waals surface area contributed by atoms with Crippen molar-refractivity contribution in [1.82, 2.24) is 34.8 Å². The molecule has 0 saturated carbocycles. The summed E-state index contributed by atoms with van der Waals surface area (Å²) in [4.78, 5) is 48.2. The van der Waals surface area contributed by atoms with E-state index >= 15 is 0 Å². The highest BCUT2D eigenvalue weighted by molar-refractivity contribution is 6.45. The van der Waals surface area contributed by atoms with E-state index in [1.54, 1.807) is 30.3 Å². The van der Waals surface area contributed by atoms with Crippen LogP contribution in [-0.4, -0.2) is 83.6 Å². The van der Waals surface area contributed by atoms with Crippen molar-refractivity contribution >= 4 is 28.5 Å². The fourth-order valence-electron chi connectivity index (χ4n) is 4.11. The highest BCUT2D eigenvalue weighted by atomic mass is 19.1. The number of carbonyl (C=O) groups is 3. The summed E-state index contributed by atoms with van der Waals surface area (Å²) in [5, 5.41) is 17.8. The van der Waals surface area contributed by atoms with Gasteiger partial charge >= 0.3 is 0 Å². The number of aliphatic hydroxyl groups excluding tert-OH is 1. The van der Waals surface area contributed by atoms with E-state index in [0.717, 1.165) is 6.20 Å². The summed E-state index contributed by atoms with van der Waals surface area (Å²) < 4.78 is 16.0. The molecular weight excluding hydrogens is 457 g/mol. The van der Waals surface area contributed by atoms with Gasteiger partial charge in [-0.1, -0.05) is 35.5 Å². The number of rotatable bonds is 5. The number of H-pyrrole nitrogens is 1. The van der Waals surface area contributed by atoms with Gasteiger partial charge in [0.05, 0.1) is 35.1 Å². The zero-order valence-electron chi connectivity index (χ0n) is 18.3. The first kappa shape index (κ1) is 22.3. The number of nitrogens with zero attached hydrogens (tertiary/aromatic N) is 6. The molecule has 5 rings (SSSR count). The second-order valence-electron chi connectivity index (χ2n) is 7.99. The molecule has 178 valence electrons. The number of hydrogen-bond acceptors (Lipinski definition) is 7. The Morgan fingerprint density at radius 3 is 2.46 bits per heavy atom. The summed E-state index contributed by atoms with van der Waals surface area (Å²) in [6.07, 6.45) is 3.87. The number of ketones is 1. The number of Topliss-reactive ketones (excluding diaryl/α,β-unsaturated/α-hetero) is 1. The van der Waals surface area contributed by atoms with E-state index in [9.17, 15) is 23.9 Å². The fraction of sp³-hybridized carbons (Fsp3) is 0.217. The summed E-state index contributed by atoms with van der Waals surface area (Å²) in [5.74, 6) is -2.68. The minimum Gasteiger partial charge on any atom is -0.378 e. The van der Waals surface area contributed by atoms with Crippen LogP contribution in [0.25, 0.3) is 16.7 Å². The molecule has 4 heterocycles. The number of halogens is 1. The Kier molecular flexibility index (Phi) is 5.79. The number of pyridine rings is 1. The Bertz CT molecular complexity index is 1400. The molecule has 11 nitrogen and oxygen atoms in total. The lowest BCUT2D eigenvalue weighted by Crippen LogP contribution is -2.53. The Labute approximate surface area is 197 Å². The van der Waals surface area contributed by atoms with Crippen LogP contribution in [0, 0.1) is 5.82 Å². The van der Waals surface area contributed by atoms with Gasteiger partial charge in [-0.3, -0.25) is 14.4 Å². The van der Waals surface area contributed by atoms with Gasteiger partial charge in [0.15, 0.2) is 17.7 Å². The standard InChI is InChI=1S/C23H20FN7O4/c24-16-13-26-21(31-7-6-27-28-31)18-17(16)15(12-25-18)20(33)23(35)30-10-8-29(9-11-30)22(34)19(32)14-4-2-1-3-5-14/h1-7,12-13,19,25,32H,8-11H2/t19-/m1/s1. The normalized spacial score (nSPS) is 14.8. The summed E-state index contributed by atoms with van der Waals surface area (Å²) in [7, 11) is 0. The van der Waals surface area contributed by atoms with Crippen LogP contribution in [0.1, 0.15) is 22.0 Å². The predicted octanol–water partition coefficient (Wildman–Crippen LogP) is 0.870. The third-order valence-electron chi connectivity index (χ3n) is 5.95. The van der Waals surface area contributed by atoms with Crippen molar-refractivity contribution in [3.63, 3.8) is 0 Å². The number of benzene rings is 1. The first-order valence-electron chi connectivity index (χ1n) is 10.8. The molecule has 0 unspecified atom stereocenters. The zero-order valence-corrected chi connectivity index (χ0v) is 18.3. The van der Waals surface area contributed by atoms with Crippen molar-refractivity contribution in [1.29, 1.82) is 0 Å². The molecule has 1 aliphatic rings. The fourth-order valence-corrected chi connectivity index (χ4v) is 4.11. The quantitative estimate of drug-likeness (QED) is 0.321. The number of hydrogen-bond donors (Lipinski definition) is 2. The first-order valence-corrected chi connectivity index (χ1v) is 10.8. The monoisotopic (exact) mass is 477 g/mol. The van der Waals surface area contributed by atoms with E-state index in [1.807, 2.05) is 0 Å². The Morgan fingerprint density at radius 1 is 1.06 bits per heavy atom. The number of fused-ring (bicyclic) bond motifs is 1. The maximum Gasteiger partial charge on any atom is 0.295 e. The molecule has 35 heavy (non-hydrogen) atoms. The van der Waals surface area contributed by atoms with Crippen molar-refractivity contribution in [3.8, 4) is 5.82 Å². The third kappa shape index (κ3) is 4.04. The van der Waals surface area contributed by atoms with Crippen LogP contribution in [0.5, 0.6) is 0 Å². The van der Waals surface area contributed by atoms with Gasteiger partial charge in [0.25, 0.3) is 17.6 Å². The maximum atomic E-state index is 14.7. The number of carbonyl (C=O) groups excluding carboxylic acids is 3. The molecule has 0 aliphatic carbocycles. The van der Waals surface area contributed by atoms with E-state index in [4.69, 9.17) is 0 Å². The lowest BCUT2D eigenvalue weighted by atomic mass is 10.1. The van der Waals surface area contributed by atoms with Gasteiger partial charge in [-0.25, -0.2) is 14.1 Å². The van der Waals surface area contributed by atoms with Gasteiger partial charge in [0, 0.05) is 32.4 Å². The van der Waals surface area contributed by atoms with Crippen LogP contribution in [0.4, 0.5) is 4.39 Å². The number of piperazine rings is 1. The molecule has 0 bridgehead atoms. The highest BCUT2D eigenvalue weighted by Gasteiger charge is 2.32. The molecule has 2 amide bonds. The highest BCUT2D eigenvalue weighted by Crippen LogP contribution is 2.26. The van der Waals surface area contributed by atoms with Crippen LogP contribution in [0.2, 0.25) is 0 Å². The van der Waals surface area contributed by atoms with Crippen molar-refractivity contribution < 1.29 is 23.9 Å². The molecule has 2 N–H and O–H groups in total. The van der Waals surface area contributed by atoms with E-state index in [1.165, 1.54) is 33.1 Å². The maximum absolute atomic E-state index is 14.7. The molecule has 1 aromatic carbocycles. The van der Waals surface area contributed by atoms with Crippen molar-refractivity contribution in [2.24, 2.45) is 0 Å². The molecule has 0 spiro atoms. The molecular formula is C23H20FN7O4. The number of aromatic nitrogens is 5. The Morgan fingerprint density at radius 2 is 1.77 bits per heavy atom. The largest absolute Gasteiger partial charge is 0.378 e. The van der Waals surface area contributed by atoms with Crippen LogP contribution in [0.3, 0.4) is 0 Å². The van der Waals surface area contributed by atoms with Gasteiger partial charge in [-0.05, 0) is 5.56 Å². The zero-order chi connectivity index (χ0) is 24.5. The molecule has 12 heteroatoms. The smallest absolute Gasteiger partial charge is 0.295 e. The molecule has 1 fully saturated rings. The Balaban J connectivity index is 1.30. The van der Waals surface area contributed by atoms with Crippen LogP contribution in [0.15, 0.2) is 55.1 Å². The minimum absolute atomic E-state index is 0.0661. The SMILES string of the molecule is O=C(C(=O)N1CCN(C(=O)[C@H](O)c2ccccc2)CC1)c1c[nH]c2c(-n3ccnn3)ncc(F)c12. The van der Waals surface area contributed by atoms with Crippen molar-refractivity contribution in [2.75, 3.05) is 26.2 Å². The molecule has 4 aromatic rings. The van der Waals surface area contributed by atoms with Gasteiger partial charge in [-0.2, -0.15) is 0 Å². The average Bonchev–Trinajstić information content (AvgIpc) is 3.59. The Hall–Kier alpha value is -4.45.